The van der Waals surface area contributed by atoms with Gasteiger partial charge in [-0.05, 0) is 19.1 Å². The summed E-state index contributed by atoms with van der Waals surface area (Å²) in [7, 11) is 0. The Morgan fingerprint density at radius 3 is 2.50 bits per heavy atom. The molecule has 6 heavy (non-hydrogen) atoms. The van der Waals surface area contributed by atoms with Crippen molar-refractivity contribution in [3.05, 3.63) is 12.3 Å². The van der Waals surface area contributed by atoms with Gasteiger partial charge in [0.15, 0.2) is 0 Å². The Bertz CT molecular complexity index is 100. The average Bonchev–Trinajstić information content (AvgIpc) is 1.35. The maximum Gasteiger partial charge on any atom is 0.0637 e. The minimum atomic E-state index is 0.699. The molecule has 0 bridgehead atoms. The number of allylic oxidation sites excluding steroid dienone is 1. The van der Waals surface area contributed by atoms with Crippen molar-refractivity contribution in [2.75, 3.05) is 0 Å². The van der Waals surface area contributed by atoms with Gasteiger partial charge in [-0.1, -0.05) is 6.58 Å². The Kier molecular flexibility index (Phi) is 2.55. The first-order valence-electron chi connectivity index (χ1n) is 1.50. The second-order valence-corrected chi connectivity index (χ2v) is 1.12. The molecule has 0 aliphatic rings. The van der Waals surface area contributed by atoms with Gasteiger partial charge in [-0.25, -0.2) is 4.99 Å². The zero-order valence-corrected chi connectivity index (χ0v) is 4.38. The van der Waals surface area contributed by atoms with Gasteiger partial charge in [-0.2, -0.15) is 0 Å². The quantitative estimate of drug-likeness (QED) is 0.359. The maximum atomic E-state index is 4.25. The van der Waals surface area contributed by atoms with Gasteiger partial charge in [0.05, 0.1) is 5.16 Å². The molecule has 0 saturated carbocycles. The van der Waals surface area contributed by atoms with Crippen LogP contribution in [0.3, 0.4) is 0 Å². The average molecular weight is 99.2 g/mol. The standard InChI is InChI=1S/C4H5NS/c1-4(2)5-3-6/h1H2,2H3. The Morgan fingerprint density at radius 1 is 2.00 bits per heavy atom. The molecule has 0 saturated heterocycles. The van der Waals surface area contributed by atoms with Crippen molar-refractivity contribution in [2.45, 2.75) is 6.92 Å². The molecule has 0 aliphatic heterocycles. The smallest absolute Gasteiger partial charge is 0.0637 e. The molecule has 0 aromatic heterocycles. The van der Waals surface area contributed by atoms with Gasteiger partial charge in [-0.3, -0.25) is 0 Å². The zero-order valence-electron chi connectivity index (χ0n) is 3.56. The third kappa shape index (κ3) is 3.54. The third-order valence-corrected chi connectivity index (χ3v) is 0.328. The molecule has 32 valence electrons. The molecule has 0 aliphatic carbocycles. The normalized spacial score (nSPS) is 6.17. The van der Waals surface area contributed by atoms with Gasteiger partial charge in [0.2, 0.25) is 0 Å². The van der Waals surface area contributed by atoms with Crippen LogP contribution in [0.5, 0.6) is 0 Å². The SMILES string of the molecule is C=C(C)N=C=S. The van der Waals surface area contributed by atoms with Crippen LogP contribution >= 0.6 is 12.2 Å². The maximum absolute atomic E-state index is 4.25. The molecule has 0 heterocycles. The lowest BCUT2D eigenvalue weighted by molar-refractivity contribution is 1.35. The predicted octanol–water partition coefficient (Wildman–Crippen LogP) is 1.62. The van der Waals surface area contributed by atoms with E-state index in [9.17, 15) is 0 Å². The highest BCUT2D eigenvalue weighted by Crippen LogP contribution is 1.81. The lowest BCUT2D eigenvalue weighted by Crippen LogP contribution is -1.54. The van der Waals surface area contributed by atoms with Gasteiger partial charge < -0.3 is 0 Å². The molecule has 0 N–H and O–H groups in total. The second kappa shape index (κ2) is 2.76. The summed E-state index contributed by atoms with van der Waals surface area (Å²) in [4.78, 5) is 3.50. The minimum absolute atomic E-state index is 0.699. The summed E-state index contributed by atoms with van der Waals surface area (Å²) < 4.78 is 0. The van der Waals surface area contributed by atoms with Crippen LogP contribution in [0.2, 0.25) is 0 Å². The molecule has 2 heteroatoms. The van der Waals surface area contributed by atoms with E-state index in [-0.39, 0.29) is 0 Å². The summed E-state index contributed by atoms with van der Waals surface area (Å²) in [5.74, 6) is 0. The van der Waals surface area contributed by atoms with Crippen molar-refractivity contribution in [2.24, 2.45) is 4.99 Å². The van der Waals surface area contributed by atoms with E-state index in [1.807, 2.05) is 0 Å². The number of aliphatic imine (C=N–C) groups is 1. The van der Waals surface area contributed by atoms with E-state index in [1.165, 1.54) is 0 Å². The van der Waals surface area contributed by atoms with E-state index in [0.29, 0.717) is 5.70 Å². The summed E-state index contributed by atoms with van der Waals surface area (Å²) >= 11 is 4.25. The van der Waals surface area contributed by atoms with Crippen molar-refractivity contribution in [3.63, 3.8) is 0 Å². The Morgan fingerprint density at radius 2 is 2.50 bits per heavy atom. The molecule has 0 aromatic carbocycles. The van der Waals surface area contributed by atoms with Crippen molar-refractivity contribution < 1.29 is 0 Å². The highest BCUT2D eigenvalue weighted by atomic mass is 32.1. The van der Waals surface area contributed by atoms with Crippen LogP contribution in [0.15, 0.2) is 17.3 Å². The summed E-state index contributed by atoms with van der Waals surface area (Å²) in [5, 5.41) is 2.18. The van der Waals surface area contributed by atoms with Crippen LogP contribution in [0.4, 0.5) is 0 Å². The van der Waals surface area contributed by atoms with Crippen molar-refractivity contribution in [3.8, 4) is 0 Å². The third-order valence-electron chi connectivity index (χ3n) is 0.237. The number of hydrogen-bond donors (Lipinski definition) is 0. The molecule has 0 rings (SSSR count). The summed E-state index contributed by atoms with van der Waals surface area (Å²) in [5.41, 5.74) is 0.699. The first kappa shape index (κ1) is 5.54. The van der Waals surface area contributed by atoms with Crippen LogP contribution in [0.1, 0.15) is 6.92 Å². The van der Waals surface area contributed by atoms with Gasteiger partial charge in [0, 0.05) is 5.70 Å². The van der Waals surface area contributed by atoms with E-state index < -0.39 is 0 Å². The number of rotatable bonds is 1. The van der Waals surface area contributed by atoms with Crippen LogP contribution in [-0.2, 0) is 0 Å². The first-order valence-corrected chi connectivity index (χ1v) is 1.91. The molecule has 0 spiro atoms. The fourth-order valence-corrected chi connectivity index (χ4v) is 0.234. The van der Waals surface area contributed by atoms with E-state index in [1.54, 1.807) is 6.92 Å². The van der Waals surface area contributed by atoms with Gasteiger partial charge in [0.25, 0.3) is 0 Å². The molecule has 0 aromatic rings. The number of thiocarbonyl (C=S) groups is 1. The molecule has 0 fully saturated rings. The Labute approximate surface area is 42.4 Å². The van der Waals surface area contributed by atoms with E-state index in [0.717, 1.165) is 0 Å². The van der Waals surface area contributed by atoms with Crippen LogP contribution < -0.4 is 0 Å². The number of nitrogens with zero attached hydrogens (tertiary/aromatic N) is 1. The van der Waals surface area contributed by atoms with Crippen molar-refractivity contribution in [1.82, 2.24) is 0 Å². The number of hydrogen-bond acceptors (Lipinski definition) is 2. The van der Waals surface area contributed by atoms with Gasteiger partial charge in [0.1, 0.15) is 0 Å². The summed E-state index contributed by atoms with van der Waals surface area (Å²) in [6.45, 7) is 5.21. The highest BCUT2D eigenvalue weighted by molar-refractivity contribution is 7.78. The lowest BCUT2D eigenvalue weighted by Gasteiger charge is -1.71. The van der Waals surface area contributed by atoms with Gasteiger partial charge >= 0.3 is 0 Å². The fraction of sp³-hybridized carbons (Fsp3) is 0.250. The van der Waals surface area contributed by atoms with E-state index in [2.05, 4.69) is 29.0 Å². The Hall–Kier alpha value is -0.460. The van der Waals surface area contributed by atoms with Crippen LogP contribution in [-0.4, -0.2) is 5.16 Å². The molecule has 0 atom stereocenters. The molecule has 0 amide bonds. The lowest BCUT2D eigenvalue weighted by atomic mass is 10.6. The second-order valence-electron chi connectivity index (χ2n) is 0.938. The van der Waals surface area contributed by atoms with Crippen LogP contribution in [0, 0.1) is 0 Å². The molecular weight excluding hydrogens is 94.1 g/mol. The molecule has 1 nitrogen and oxygen atoms in total. The topological polar surface area (TPSA) is 12.4 Å². The largest absolute Gasteiger partial charge is 0.200 e. The first-order chi connectivity index (χ1) is 2.77. The summed E-state index contributed by atoms with van der Waals surface area (Å²) in [6, 6.07) is 0. The van der Waals surface area contributed by atoms with Gasteiger partial charge in [-0.15, -0.1) is 0 Å². The minimum Gasteiger partial charge on any atom is -0.200 e. The zero-order chi connectivity index (χ0) is 4.99. The van der Waals surface area contributed by atoms with Crippen LogP contribution in [0.25, 0.3) is 0 Å². The Balaban J connectivity index is 3.60. The monoisotopic (exact) mass is 99.0 g/mol. The van der Waals surface area contributed by atoms with E-state index >= 15 is 0 Å². The number of isothiocyanates is 1. The molecule has 0 radical (unpaired) electrons. The predicted molar refractivity (Wildman–Crippen MR) is 29.8 cm³/mol. The van der Waals surface area contributed by atoms with Crippen molar-refractivity contribution >= 4 is 17.4 Å². The van der Waals surface area contributed by atoms with E-state index in [4.69, 9.17) is 0 Å². The highest BCUT2D eigenvalue weighted by Gasteiger charge is 1.64. The molecule has 0 unspecified atom stereocenters. The summed E-state index contributed by atoms with van der Waals surface area (Å²) in [6.07, 6.45) is 0. The molecular formula is C4H5NS. The van der Waals surface area contributed by atoms with Crippen molar-refractivity contribution in [1.29, 1.82) is 0 Å². The fourth-order valence-electron chi connectivity index (χ4n) is 0.0779.